The van der Waals surface area contributed by atoms with Crippen LogP contribution in [0.4, 0.5) is 5.69 Å². The zero-order chi connectivity index (χ0) is 17.0. The normalized spacial score (nSPS) is 16.7. The third kappa shape index (κ3) is 4.00. The van der Waals surface area contributed by atoms with E-state index in [1.54, 1.807) is 0 Å². The van der Waals surface area contributed by atoms with Crippen LogP contribution in [0.25, 0.3) is 0 Å². The summed E-state index contributed by atoms with van der Waals surface area (Å²) in [5.74, 6) is -0.411. The Balaban J connectivity index is 1.51. The third-order valence-corrected chi connectivity index (χ3v) is 5.05. The Morgan fingerprint density at radius 2 is 1.67 bits per heavy atom. The van der Waals surface area contributed by atoms with E-state index in [9.17, 15) is 13.2 Å². The molecule has 1 atom stereocenters. The van der Waals surface area contributed by atoms with E-state index in [-0.39, 0.29) is 24.9 Å². The van der Waals surface area contributed by atoms with Gasteiger partial charge in [0.05, 0.1) is 5.92 Å². The van der Waals surface area contributed by atoms with Crippen LogP contribution in [-0.2, 0) is 21.5 Å². The Labute approximate surface area is 141 Å². The van der Waals surface area contributed by atoms with Gasteiger partial charge in [-0.25, -0.2) is 4.72 Å². The molecule has 0 radical (unpaired) electrons. The highest BCUT2D eigenvalue weighted by atomic mass is 32.2. The predicted octanol–water partition coefficient (Wildman–Crippen LogP) is 1.74. The second-order valence-corrected chi connectivity index (χ2v) is 7.21. The second kappa shape index (κ2) is 7.12. The van der Waals surface area contributed by atoms with Gasteiger partial charge in [-0.1, -0.05) is 48.5 Å². The number of fused-ring (bicyclic) bond motifs is 1. The van der Waals surface area contributed by atoms with Gasteiger partial charge in [-0.15, -0.1) is 0 Å². The van der Waals surface area contributed by atoms with Crippen LogP contribution < -0.4 is 14.8 Å². The number of para-hydroxylation sites is 1. The second-order valence-electron chi connectivity index (χ2n) is 5.62. The minimum atomic E-state index is -3.60. The number of carbonyl (C=O) groups excluding carboxylic acids is 1. The van der Waals surface area contributed by atoms with Crippen molar-refractivity contribution in [2.24, 2.45) is 0 Å². The first-order valence-electron chi connectivity index (χ1n) is 7.73. The van der Waals surface area contributed by atoms with Crippen LogP contribution in [0.15, 0.2) is 54.6 Å². The molecule has 1 amide bonds. The molecule has 0 fully saturated rings. The quantitative estimate of drug-likeness (QED) is 0.714. The molecule has 3 N–H and O–H groups in total. The molecule has 0 saturated carbocycles. The molecule has 0 unspecified atom stereocenters. The third-order valence-electron chi connectivity index (χ3n) is 3.94. The lowest BCUT2D eigenvalue weighted by molar-refractivity contribution is -0.117. The maximum atomic E-state index is 12.0. The number of benzene rings is 2. The number of anilines is 1. The van der Waals surface area contributed by atoms with Crippen molar-refractivity contribution >= 4 is 21.8 Å². The van der Waals surface area contributed by atoms with Crippen molar-refractivity contribution in [3.05, 3.63) is 65.7 Å². The summed E-state index contributed by atoms with van der Waals surface area (Å²) >= 11 is 0. The highest BCUT2D eigenvalue weighted by Gasteiger charge is 2.29. The Kier molecular flexibility index (Phi) is 4.94. The molecule has 0 bridgehead atoms. The van der Waals surface area contributed by atoms with Gasteiger partial charge in [0.15, 0.2) is 0 Å². The van der Waals surface area contributed by atoms with E-state index in [0.717, 1.165) is 16.8 Å². The highest BCUT2D eigenvalue weighted by Crippen LogP contribution is 2.33. The summed E-state index contributed by atoms with van der Waals surface area (Å²) in [5.41, 5.74) is 2.60. The molecule has 24 heavy (non-hydrogen) atoms. The van der Waals surface area contributed by atoms with Crippen molar-refractivity contribution in [1.82, 2.24) is 9.44 Å². The minimum Gasteiger partial charge on any atom is -0.325 e. The van der Waals surface area contributed by atoms with Crippen molar-refractivity contribution < 1.29 is 13.2 Å². The zero-order valence-electron chi connectivity index (χ0n) is 13.0. The molecule has 1 heterocycles. The Hall–Kier alpha value is -2.22. The lowest BCUT2D eigenvalue weighted by Crippen LogP contribution is -2.37. The molecule has 126 valence electrons. The largest absolute Gasteiger partial charge is 0.325 e. The van der Waals surface area contributed by atoms with E-state index >= 15 is 0 Å². The summed E-state index contributed by atoms with van der Waals surface area (Å²) < 4.78 is 28.9. The maximum Gasteiger partial charge on any atom is 0.277 e. The standard InChI is InChI=1S/C17H19N3O3S/c21-17-15(14-8-4-5-9-16(14)20-17)10-11-18-24(22,23)19-12-13-6-2-1-3-7-13/h1-9,15,18-19H,10-12H2,(H,20,21)/t15-/m0/s1. The molecular formula is C17H19N3O3S. The lowest BCUT2D eigenvalue weighted by atomic mass is 9.97. The molecule has 0 spiro atoms. The number of amides is 1. The summed E-state index contributed by atoms with van der Waals surface area (Å²) in [5, 5.41) is 2.81. The van der Waals surface area contributed by atoms with Crippen LogP contribution in [-0.4, -0.2) is 20.9 Å². The molecule has 2 aromatic rings. The van der Waals surface area contributed by atoms with Crippen LogP contribution in [0.1, 0.15) is 23.5 Å². The van der Waals surface area contributed by atoms with Gasteiger partial charge in [-0.3, -0.25) is 4.79 Å². The summed E-state index contributed by atoms with van der Waals surface area (Å²) in [4.78, 5) is 12.0. The van der Waals surface area contributed by atoms with Gasteiger partial charge in [0, 0.05) is 18.8 Å². The maximum absolute atomic E-state index is 12.0. The number of nitrogens with one attached hydrogen (secondary N) is 3. The highest BCUT2D eigenvalue weighted by molar-refractivity contribution is 7.87. The molecule has 1 aliphatic heterocycles. The van der Waals surface area contributed by atoms with Crippen molar-refractivity contribution in [3.63, 3.8) is 0 Å². The van der Waals surface area contributed by atoms with E-state index in [2.05, 4.69) is 14.8 Å². The van der Waals surface area contributed by atoms with Gasteiger partial charge in [-0.05, 0) is 23.6 Å². The Morgan fingerprint density at radius 3 is 2.46 bits per heavy atom. The monoisotopic (exact) mass is 345 g/mol. The van der Waals surface area contributed by atoms with Crippen LogP contribution in [0.2, 0.25) is 0 Å². The summed E-state index contributed by atoms with van der Waals surface area (Å²) in [6.45, 7) is 0.416. The van der Waals surface area contributed by atoms with Crippen LogP contribution in [0, 0.1) is 0 Å². The van der Waals surface area contributed by atoms with E-state index in [4.69, 9.17) is 0 Å². The van der Waals surface area contributed by atoms with E-state index in [1.165, 1.54) is 0 Å². The fourth-order valence-electron chi connectivity index (χ4n) is 2.73. The van der Waals surface area contributed by atoms with Gasteiger partial charge >= 0.3 is 0 Å². The topological polar surface area (TPSA) is 87.3 Å². The van der Waals surface area contributed by atoms with Crippen molar-refractivity contribution in [1.29, 1.82) is 0 Å². The zero-order valence-corrected chi connectivity index (χ0v) is 13.8. The average molecular weight is 345 g/mol. The van der Waals surface area contributed by atoms with E-state index in [0.29, 0.717) is 6.42 Å². The van der Waals surface area contributed by atoms with Crippen molar-refractivity contribution in [2.75, 3.05) is 11.9 Å². The fourth-order valence-corrected chi connectivity index (χ4v) is 3.57. The number of hydrogen-bond donors (Lipinski definition) is 3. The average Bonchev–Trinajstić information content (AvgIpc) is 2.90. The number of rotatable bonds is 7. The molecule has 0 aliphatic carbocycles. The number of hydrogen-bond acceptors (Lipinski definition) is 3. The van der Waals surface area contributed by atoms with E-state index in [1.807, 2.05) is 54.6 Å². The van der Waals surface area contributed by atoms with Gasteiger partial charge in [0.1, 0.15) is 0 Å². The lowest BCUT2D eigenvalue weighted by Gasteiger charge is -2.11. The SMILES string of the molecule is O=C1Nc2ccccc2[C@@H]1CCNS(=O)(=O)NCc1ccccc1. The molecule has 1 aliphatic rings. The number of carbonyl (C=O) groups is 1. The molecule has 2 aromatic carbocycles. The molecular weight excluding hydrogens is 326 g/mol. The van der Waals surface area contributed by atoms with Crippen molar-refractivity contribution in [3.8, 4) is 0 Å². The molecule has 0 saturated heterocycles. The van der Waals surface area contributed by atoms with Crippen molar-refractivity contribution in [2.45, 2.75) is 18.9 Å². The first kappa shape index (κ1) is 16.6. The van der Waals surface area contributed by atoms with Crippen LogP contribution >= 0.6 is 0 Å². The van der Waals surface area contributed by atoms with E-state index < -0.39 is 10.2 Å². The predicted molar refractivity (Wildman–Crippen MR) is 92.6 cm³/mol. The van der Waals surface area contributed by atoms with Crippen LogP contribution in [0.3, 0.4) is 0 Å². The fraction of sp³-hybridized carbons (Fsp3) is 0.235. The first-order chi connectivity index (χ1) is 11.6. The van der Waals surface area contributed by atoms with Gasteiger partial charge in [0.25, 0.3) is 10.2 Å². The van der Waals surface area contributed by atoms with Crippen LogP contribution in [0.5, 0.6) is 0 Å². The molecule has 6 nitrogen and oxygen atoms in total. The summed E-state index contributed by atoms with van der Waals surface area (Å²) in [6, 6.07) is 16.8. The van der Waals surface area contributed by atoms with Gasteiger partial charge < -0.3 is 5.32 Å². The first-order valence-corrected chi connectivity index (χ1v) is 9.21. The Morgan fingerprint density at radius 1 is 0.958 bits per heavy atom. The molecule has 3 rings (SSSR count). The minimum absolute atomic E-state index is 0.0901. The summed E-state index contributed by atoms with van der Waals surface area (Å²) in [6.07, 6.45) is 0.412. The Bertz CT molecular complexity index is 822. The molecule has 7 heteroatoms. The molecule has 0 aromatic heterocycles. The van der Waals surface area contributed by atoms with Gasteiger partial charge in [-0.2, -0.15) is 13.1 Å². The van der Waals surface area contributed by atoms with Gasteiger partial charge in [0.2, 0.25) is 5.91 Å². The smallest absolute Gasteiger partial charge is 0.277 e. The summed E-state index contributed by atoms with van der Waals surface area (Å²) in [7, 11) is -3.60.